The zero-order valence-electron chi connectivity index (χ0n) is 27.7. The van der Waals surface area contributed by atoms with Crippen molar-refractivity contribution >= 4 is 11.9 Å². The number of carbonyl (C=O) groups is 2. The monoisotopic (exact) mass is 613 g/mol. The minimum Gasteiger partial charge on any atom is -0.481 e. The standard InChI is InChI=1S/C42H47NO3/c1-4-6-8-10-12-14-16-18-20-22-24-26-28-30-32-34-36-39(3)40(38-41(44)45)42(46)43-37-35-33-31-29-27-25-23-21-19-17-15-13-11-9-7-5-2/h2,39-40H,4,6,8,10,12,14,16,18,20,22,24,26,28,30,32,34,36,38H2,1,3H3,(H,43,46)(H,44,45). The largest absolute Gasteiger partial charge is 0.481 e. The lowest BCUT2D eigenvalue weighted by molar-refractivity contribution is -0.142. The third-order valence-electron chi connectivity index (χ3n) is 7.13. The van der Waals surface area contributed by atoms with Gasteiger partial charge in [0.05, 0.1) is 12.3 Å². The van der Waals surface area contributed by atoms with Crippen LogP contribution < -0.4 is 5.32 Å². The van der Waals surface area contributed by atoms with Gasteiger partial charge in [-0.05, 0) is 59.7 Å². The number of nitrogens with one attached hydrogen (secondary N) is 1. The number of carboxylic acid groups (broad SMARTS) is 1. The van der Waals surface area contributed by atoms with Crippen LogP contribution in [0.4, 0.5) is 0 Å². The second-order valence-corrected chi connectivity index (χ2v) is 10.9. The van der Waals surface area contributed by atoms with Crippen LogP contribution in [0.2, 0.25) is 0 Å². The Morgan fingerprint density at radius 3 is 1.28 bits per heavy atom. The van der Waals surface area contributed by atoms with Crippen LogP contribution in [-0.2, 0) is 9.59 Å². The molecule has 0 fully saturated rings. The molecule has 0 aromatic rings. The SMILES string of the molecule is C#CC#CC#CC#CC#CC#CC#CC#CC#CNC(=O)C(CC(=O)O)C(C)CCCCCCCCCCCCCCCCCC. The molecule has 2 atom stereocenters. The quantitative estimate of drug-likeness (QED) is 0.0825. The Labute approximate surface area is 279 Å². The van der Waals surface area contributed by atoms with Gasteiger partial charge < -0.3 is 5.11 Å². The van der Waals surface area contributed by atoms with Crippen LogP contribution in [0, 0.1) is 119 Å². The van der Waals surface area contributed by atoms with Crippen LogP contribution in [0.5, 0.6) is 0 Å². The minimum atomic E-state index is -1.00. The Hall–Kier alpha value is -5.02. The number of hydrogen-bond acceptors (Lipinski definition) is 2. The molecule has 238 valence electrons. The highest BCUT2D eigenvalue weighted by atomic mass is 16.4. The van der Waals surface area contributed by atoms with E-state index in [-0.39, 0.29) is 12.3 Å². The summed E-state index contributed by atoms with van der Waals surface area (Å²) in [5, 5.41) is 11.8. The third-order valence-corrected chi connectivity index (χ3v) is 7.13. The predicted octanol–water partition coefficient (Wildman–Crippen LogP) is 7.10. The Bertz CT molecular complexity index is 1470. The molecule has 2 N–H and O–H groups in total. The van der Waals surface area contributed by atoms with Gasteiger partial charge in [-0.3, -0.25) is 14.9 Å². The van der Waals surface area contributed by atoms with Crippen molar-refractivity contribution in [2.75, 3.05) is 0 Å². The van der Waals surface area contributed by atoms with Crippen LogP contribution in [0.3, 0.4) is 0 Å². The van der Waals surface area contributed by atoms with E-state index in [2.05, 4.69) is 113 Å². The first kappa shape index (κ1) is 41.0. The molecule has 0 saturated carbocycles. The maximum atomic E-state index is 12.6. The molecule has 0 saturated heterocycles. The number of carboxylic acids is 1. The highest BCUT2D eigenvalue weighted by Gasteiger charge is 2.27. The van der Waals surface area contributed by atoms with E-state index in [1.54, 1.807) is 0 Å². The summed E-state index contributed by atoms with van der Waals surface area (Å²) in [6.07, 6.45) is 26.4. The number of rotatable bonds is 21. The van der Waals surface area contributed by atoms with Gasteiger partial charge in [-0.2, -0.15) is 0 Å². The summed E-state index contributed by atoms with van der Waals surface area (Å²) in [6, 6.07) is 2.48. The van der Waals surface area contributed by atoms with Crippen LogP contribution in [0.1, 0.15) is 129 Å². The number of unbranched alkanes of at least 4 members (excludes halogenated alkanes) is 15. The molecule has 0 radical (unpaired) electrons. The van der Waals surface area contributed by atoms with Gasteiger partial charge in [0.2, 0.25) is 5.91 Å². The van der Waals surface area contributed by atoms with Gasteiger partial charge in [0.15, 0.2) is 0 Å². The zero-order valence-corrected chi connectivity index (χ0v) is 27.7. The molecule has 0 aliphatic rings. The van der Waals surface area contributed by atoms with Crippen LogP contribution in [0.15, 0.2) is 0 Å². The van der Waals surface area contributed by atoms with Crippen molar-refractivity contribution in [2.24, 2.45) is 11.8 Å². The Morgan fingerprint density at radius 1 is 0.565 bits per heavy atom. The van der Waals surface area contributed by atoms with Crippen molar-refractivity contribution < 1.29 is 14.7 Å². The van der Waals surface area contributed by atoms with E-state index in [0.717, 1.165) is 19.3 Å². The highest BCUT2D eigenvalue weighted by Crippen LogP contribution is 2.23. The Balaban J connectivity index is 4.28. The van der Waals surface area contributed by atoms with E-state index >= 15 is 0 Å². The zero-order chi connectivity index (χ0) is 33.8. The fourth-order valence-corrected chi connectivity index (χ4v) is 4.62. The van der Waals surface area contributed by atoms with Crippen molar-refractivity contribution in [1.82, 2.24) is 5.32 Å². The van der Waals surface area contributed by atoms with Gasteiger partial charge in [0, 0.05) is 53.4 Å². The maximum Gasteiger partial charge on any atom is 0.304 e. The van der Waals surface area contributed by atoms with Crippen LogP contribution >= 0.6 is 0 Å². The number of amides is 1. The second kappa shape index (κ2) is 32.9. The van der Waals surface area contributed by atoms with Gasteiger partial charge in [-0.15, -0.1) is 6.42 Å². The average Bonchev–Trinajstić information content (AvgIpc) is 3.04. The summed E-state index contributed by atoms with van der Waals surface area (Å²) in [6.45, 7) is 4.20. The van der Waals surface area contributed by atoms with E-state index in [4.69, 9.17) is 6.42 Å². The molecule has 0 aromatic carbocycles. The summed E-state index contributed by atoms with van der Waals surface area (Å²) in [7, 11) is 0. The van der Waals surface area contributed by atoms with Crippen molar-refractivity contribution in [3.63, 3.8) is 0 Å². The van der Waals surface area contributed by atoms with E-state index in [1.165, 1.54) is 89.9 Å². The smallest absolute Gasteiger partial charge is 0.304 e. The molecular formula is C42H47NO3. The molecular weight excluding hydrogens is 566 g/mol. The lowest BCUT2D eigenvalue weighted by Crippen LogP contribution is -2.33. The first-order valence-corrected chi connectivity index (χ1v) is 16.5. The topological polar surface area (TPSA) is 66.4 Å². The molecule has 4 heteroatoms. The maximum absolute atomic E-state index is 12.6. The third kappa shape index (κ3) is 29.1. The summed E-state index contributed by atoms with van der Waals surface area (Å²) >= 11 is 0. The predicted molar refractivity (Wildman–Crippen MR) is 188 cm³/mol. The molecule has 4 nitrogen and oxygen atoms in total. The van der Waals surface area contributed by atoms with E-state index in [9.17, 15) is 14.7 Å². The molecule has 1 amide bonds. The Kier molecular flexibility index (Phi) is 29.3. The van der Waals surface area contributed by atoms with Gasteiger partial charge in [-0.1, -0.05) is 117 Å². The first-order valence-electron chi connectivity index (χ1n) is 16.5. The van der Waals surface area contributed by atoms with E-state index < -0.39 is 17.8 Å². The second-order valence-electron chi connectivity index (χ2n) is 10.9. The lowest BCUT2D eigenvalue weighted by Gasteiger charge is -2.20. The summed E-state index contributed by atoms with van der Waals surface area (Å²) in [4.78, 5) is 24.0. The van der Waals surface area contributed by atoms with Crippen molar-refractivity contribution in [1.29, 1.82) is 0 Å². The summed E-state index contributed by atoms with van der Waals surface area (Å²) in [5.74, 6) is 37.1. The molecule has 0 bridgehead atoms. The molecule has 0 spiro atoms. The average molecular weight is 614 g/mol. The van der Waals surface area contributed by atoms with Gasteiger partial charge >= 0.3 is 5.97 Å². The fraction of sp³-hybridized carbons (Fsp3) is 0.524. The molecule has 0 aliphatic heterocycles. The van der Waals surface area contributed by atoms with E-state index in [0.29, 0.717) is 0 Å². The number of aliphatic carboxylic acids is 1. The van der Waals surface area contributed by atoms with E-state index in [1.807, 2.05) is 6.92 Å². The molecule has 0 rings (SSSR count). The normalized spacial score (nSPS) is 9.76. The number of terminal acetylenes is 1. The number of carbonyl (C=O) groups excluding carboxylic acids is 1. The van der Waals surface area contributed by atoms with Gasteiger partial charge in [-0.25, -0.2) is 0 Å². The van der Waals surface area contributed by atoms with Crippen LogP contribution in [0.25, 0.3) is 0 Å². The minimum absolute atomic E-state index is 0.0599. The summed E-state index contributed by atoms with van der Waals surface area (Å²) in [5.41, 5.74) is 0. The van der Waals surface area contributed by atoms with Gasteiger partial charge in [0.1, 0.15) is 0 Å². The molecule has 0 heterocycles. The fourth-order valence-electron chi connectivity index (χ4n) is 4.62. The van der Waals surface area contributed by atoms with Crippen molar-refractivity contribution in [3.8, 4) is 107 Å². The Morgan fingerprint density at radius 2 is 0.913 bits per heavy atom. The van der Waals surface area contributed by atoms with Crippen molar-refractivity contribution in [3.05, 3.63) is 0 Å². The summed E-state index contributed by atoms with van der Waals surface area (Å²) < 4.78 is 0. The first-order chi connectivity index (χ1) is 22.5. The highest BCUT2D eigenvalue weighted by molar-refractivity contribution is 5.84. The van der Waals surface area contributed by atoms with Crippen molar-refractivity contribution in [2.45, 2.75) is 129 Å². The molecule has 2 unspecified atom stereocenters. The molecule has 0 aliphatic carbocycles. The molecule has 0 aromatic heterocycles. The number of hydrogen-bond donors (Lipinski definition) is 2. The van der Waals surface area contributed by atoms with Gasteiger partial charge in [0.25, 0.3) is 0 Å². The molecule has 46 heavy (non-hydrogen) atoms. The lowest BCUT2D eigenvalue weighted by atomic mass is 9.86. The van der Waals surface area contributed by atoms with Crippen LogP contribution in [-0.4, -0.2) is 17.0 Å².